The first-order chi connectivity index (χ1) is 6.76. The fourth-order valence-electron chi connectivity index (χ4n) is 1.47. The third kappa shape index (κ3) is 3.46. The maximum atomic E-state index is 4.42. The summed E-state index contributed by atoms with van der Waals surface area (Å²) >= 11 is 0. The second-order valence-electron chi connectivity index (χ2n) is 3.61. The standard InChI is InChI=1S/C10H20N4/c1-4-6-9-12-10(14-13-9)7-8(3)11-5-2/h8,11H,4-7H2,1-3H3,(H,12,13,14). The fraction of sp³-hybridized carbons (Fsp3) is 0.800. The molecule has 0 radical (unpaired) electrons. The molecule has 0 aliphatic rings. The first kappa shape index (κ1) is 11.2. The Labute approximate surface area is 85.5 Å². The summed E-state index contributed by atoms with van der Waals surface area (Å²) in [4.78, 5) is 4.42. The Bertz CT molecular complexity index is 256. The minimum Gasteiger partial charge on any atom is -0.314 e. The Kier molecular flexibility index (Phi) is 4.59. The van der Waals surface area contributed by atoms with Crippen molar-refractivity contribution in [2.75, 3.05) is 6.54 Å². The van der Waals surface area contributed by atoms with Gasteiger partial charge in [0.15, 0.2) is 5.82 Å². The van der Waals surface area contributed by atoms with Gasteiger partial charge in [-0.15, -0.1) is 0 Å². The van der Waals surface area contributed by atoms with Gasteiger partial charge in [-0.1, -0.05) is 13.8 Å². The predicted molar refractivity (Wildman–Crippen MR) is 57.2 cm³/mol. The number of nitrogens with zero attached hydrogens (tertiary/aromatic N) is 2. The summed E-state index contributed by atoms with van der Waals surface area (Å²) in [5.41, 5.74) is 0. The van der Waals surface area contributed by atoms with Crippen LogP contribution in [0.15, 0.2) is 0 Å². The Balaban J connectivity index is 2.42. The molecule has 0 saturated carbocycles. The average molecular weight is 196 g/mol. The van der Waals surface area contributed by atoms with Gasteiger partial charge in [-0.25, -0.2) is 4.98 Å². The highest BCUT2D eigenvalue weighted by Gasteiger charge is 2.06. The van der Waals surface area contributed by atoms with Crippen molar-refractivity contribution in [3.05, 3.63) is 11.6 Å². The molecule has 0 amide bonds. The topological polar surface area (TPSA) is 53.6 Å². The molecular formula is C10H20N4. The van der Waals surface area contributed by atoms with Crippen LogP contribution in [0.4, 0.5) is 0 Å². The highest BCUT2D eigenvalue weighted by atomic mass is 15.2. The Morgan fingerprint density at radius 1 is 1.43 bits per heavy atom. The van der Waals surface area contributed by atoms with Crippen LogP contribution in [0.3, 0.4) is 0 Å². The van der Waals surface area contributed by atoms with E-state index in [1.165, 1.54) is 0 Å². The van der Waals surface area contributed by atoms with Crippen LogP contribution in [0.25, 0.3) is 0 Å². The minimum atomic E-state index is 0.461. The van der Waals surface area contributed by atoms with E-state index in [4.69, 9.17) is 0 Å². The van der Waals surface area contributed by atoms with Crippen LogP contribution >= 0.6 is 0 Å². The molecular weight excluding hydrogens is 176 g/mol. The van der Waals surface area contributed by atoms with Gasteiger partial charge in [0.1, 0.15) is 5.82 Å². The third-order valence-electron chi connectivity index (χ3n) is 2.10. The maximum Gasteiger partial charge on any atom is 0.150 e. The third-order valence-corrected chi connectivity index (χ3v) is 2.10. The number of nitrogens with one attached hydrogen (secondary N) is 2. The summed E-state index contributed by atoms with van der Waals surface area (Å²) in [6, 6.07) is 0.461. The van der Waals surface area contributed by atoms with E-state index in [1.807, 2.05) is 0 Å². The molecule has 1 aromatic heterocycles. The van der Waals surface area contributed by atoms with E-state index in [9.17, 15) is 0 Å². The lowest BCUT2D eigenvalue weighted by molar-refractivity contribution is 0.553. The van der Waals surface area contributed by atoms with E-state index in [-0.39, 0.29) is 0 Å². The molecule has 14 heavy (non-hydrogen) atoms. The largest absolute Gasteiger partial charge is 0.314 e. The van der Waals surface area contributed by atoms with Gasteiger partial charge in [0.05, 0.1) is 0 Å². The number of rotatable bonds is 6. The Morgan fingerprint density at radius 3 is 2.86 bits per heavy atom. The lowest BCUT2D eigenvalue weighted by atomic mass is 10.2. The fourth-order valence-corrected chi connectivity index (χ4v) is 1.47. The van der Waals surface area contributed by atoms with Crippen LogP contribution in [0.1, 0.15) is 38.8 Å². The molecule has 0 aliphatic heterocycles. The van der Waals surface area contributed by atoms with Crippen molar-refractivity contribution in [2.24, 2.45) is 0 Å². The number of aromatic nitrogens is 3. The van der Waals surface area contributed by atoms with Crippen molar-refractivity contribution >= 4 is 0 Å². The van der Waals surface area contributed by atoms with Crippen molar-refractivity contribution in [1.29, 1.82) is 0 Å². The van der Waals surface area contributed by atoms with Gasteiger partial charge in [0.25, 0.3) is 0 Å². The molecule has 1 unspecified atom stereocenters. The van der Waals surface area contributed by atoms with Gasteiger partial charge in [0, 0.05) is 18.9 Å². The molecule has 4 heteroatoms. The summed E-state index contributed by atoms with van der Waals surface area (Å²) < 4.78 is 0. The van der Waals surface area contributed by atoms with Gasteiger partial charge in [-0.2, -0.15) is 5.10 Å². The SMILES string of the molecule is CCCc1n[nH]c(CC(C)NCC)n1. The van der Waals surface area contributed by atoms with E-state index in [2.05, 4.69) is 41.3 Å². The van der Waals surface area contributed by atoms with Crippen LogP contribution in [-0.2, 0) is 12.8 Å². The quantitative estimate of drug-likeness (QED) is 0.721. The lowest BCUT2D eigenvalue weighted by Crippen LogP contribution is -2.28. The highest BCUT2D eigenvalue weighted by molar-refractivity contribution is 4.92. The van der Waals surface area contributed by atoms with Crippen molar-refractivity contribution in [3.63, 3.8) is 0 Å². The summed E-state index contributed by atoms with van der Waals surface area (Å²) in [5.74, 6) is 1.92. The molecule has 4 nitrogen and oxygen atoms in total. The number of hydrogen-bond acceptors (Lipinski definition) is 3. The first-order valence-corrected chi connectivity index (χ1v) is 5.39. The van der Waals surface area contributed by atoms with Crippen molar-refractivity contribution in [3.8, 4) is 0 Å². The minimum absolute atomic E-state index is 0.461. The van der Waals surface area contributed by atoms with Crippen LogP contribution < -0.4 is 5.32 Å². The first-order valence-electron chi connectivity index (χ1n) is 5.39. The van der Waals surface area contributed by atoms with E-state index < -0.39 is 0 Å². The number of likely N-dealkylation sites (N-methyl/N-ethyl adjacent to an activating group) is 1. The maximum absolute atomic E-state index is 4.42. The number of aryl methyl sites for hydroxylation is 1. The molecule has 1 aromatic rings. The molecule has 2 N–H and O–H groups in total. The molecule has 1 rings (SSSR count). The molecule has 0 spiro atoms. The Hall–Kier alpha value is -0.900. The predicted octanol–water partition coefficient (Wildman–Crippen LogP) is 1.30. The molecule has 0 saturated heterocycles. The summed E-state index contributed by atoms with van der Waals surface area (Å²) in [5, 5.41) is 10.5. The zero-order chi connectivity index (χ0) is 10.4. The normalized spacial score (nSPS) is 13.1. The number of hydrogen-bond donors (Lipinski definition) is 2. The second kappa shape index (κ2) is 5.75. The van der Waals surface area contributed by atoms with Gasteiger partial charge >= 0.3 is 0 Å². The average Bonchev–Trinajstić information content (AvgIpc) is 2.53. The summed E-state index contributed by atoms with van der Waals surface area (Å²) in [6.07, 6.45) is 2.98. The molecule has 0 bridgehead atoms. The van der Waals surface area contributed by atoms with Crippen LogP contribution in [-0.4, -0.2) is 27.8 Å². The summed E-state index contributed by atoms with van der Waals surface area (Å²) in [7, 11) is 0. The molecule has 80 valence electrons. The van der Waals surface area contributed by atoms with Crippen LogP contribution in [0.5, 0.6) is 0 Å². The molecule has 0 aromatic carbocycles. The molecule has 0 fully saturated rings. The van der Waals surface area contributed by atoms with Gasteiger partial charge in [-0.3, -0.25) is 5.10 Å². The smallest absolute Gasteiger partial charge is 0.150 e. The van der Waals surface area contributed by atoms with E-state index in [0.29, 0.717) is 6.04 Å². The zero-order valence-corrected chi connectivity index (χ0v) is 9.30. The second-order valence-corrected chi connectivity index (χ2v) is 3.61. The number of aromatic amines is 1. The van der Waals surface area contributed by atoms with Crippen LogP contribution in [0.2, 0.25) is 0 Å². The van der Waals surface area contributed by atoms with Gasteiger partial charge < -0.3 is 5.32 Å². The summed E-state index contributed by atoms with van der Waals surface area (Å²) in [6.45, 7) is 7.40. The molecule has 1 atom stereocenters. The van der Waals surface area contributed by atoms with Gasteiger partial charge in [0.2, 0.25) is 0 Å². The zero-order valence-electron chi connectivity index (χ0n) is 9.30. The van der Waals surface area contributed by atoms with E-state index >= 15 is 0 Å². The highest BCUT2D eigenvalue weighted by Crippen LogP contribution is 1.99. The van der Waals surface area contributed by atoms with Gasteiger partial charge in [-0.05, 0) is 19.9 Å². The van der Waals surface area contributed by atoms with Crippen molar-refractivity contribution < 1.29 is 0 Å². The number of H-pyrrole nitrogens is 1. The molecule has 0 aliphatic carbocycles. The van der Waals surface area contributed by atoms with E-state index in [0.717, 1.165) is 37.5 Å². The molecule has 1 heterocycles. The monoisotopic (exact) mass is 196 g/mol. The lowest BCUT2D eigenvalue weighted by Gasteiger charge is -2.08. The van der Waals surface area contributed by atoms with Crippen LogP contribution in [0, 0.1) is 0 Å². The van der Waals surface area contributed by atoms with Crippen molar-refractivity contribution in [2.45, 2.75) is 46.1 Å². The van der Waals surface area contributed by atoms with Crippen molar-refractivity contribution in [1.82, 2.24) is 20.5 Å². The van der Waals surface area contributed by atoms with E-state index in [1.54, 1.807) is 0 Å². The Morgan fingerprint density at radius 2 is 2.21 bits per heavy atom.